The molecule has 0 bridgehead atoms. The maximum absolute atomic E-state index is 5.67. The highest BCUT2D eigenvalue weighted by atomic mass is 16.5. The first kappa shape index (κ1) is 15.2. The summed E-state index contributed by atoms with van der Waals surface area (Å²) in [4.78, 5) is 0. The molecule has 1 aromatic carbocycles. The molecule has 1 saturated carbocycles. The first-order valence-corrected chi connectivity index (χ1v) is 8.20. The van der Waals surface area contributed by atoms with Gasteiger partial charge >= 0.3 is 0 Å². The lowest BCUT2D eigenvalue weighted by Crippen LogP contribution is -2.26. The lowest BCUT2D eigenvalue weighted by Gasteiger charge is -2.29. The molecule has 0 atom stereocenters. The van der Waals surface area contributed by atoms with Crippen LogP contribution >= 0.6 is 0 Å². The molecule has 0 radical (unpaired) electrons. The van der Waals surface area contributed by atoms with Crippen molar-refractivity contribution in [1.29, 1.82) is 0 Å². The van der Waals surface area contributed by atoms with Gasteiger partial charge in [-0.3, -0.25) is 0 Å². The van der Waals surface area contributed by atoms with Crippen molar-refractivity contribution in [2.24, 2.45) is 5.92 Å². The van der Waals surface area contributed by atoms with E-state index in [1.54, 1.807) is 0 Å². The molecule has 1 N–H and O–H groups in total. The van der Waals surface area contributed by atoms with Gasteiger partial charge in [-0.05, 0) is 69.7 Å². The summed E-state index contributed by atoms with van der Waals surface area (Å²) >= 11 is 0. The zero-order valence-electron chi connectivity index (χ0n) is 13.2. The van der Waals surface area contributed by atoms with Crippen LogP contribution in [0.1, 0.15) is 59.3 Å². The Balaban J connectivity index is 1.79. The highest BCUT2D eigenvalue weighted by Gasteiger charge is 2.20. The summed E-state index contributed by atoms with van der Waals surface area (Å²) in [5.74, 6) is 1.93. The van der Waals surface area contributed by atoms with E-state index in [1.807, 2.05) is 0 Å². The molecular weight excluding hydrogens is 246 g/mol. The van der Waals surface area contributed by atoms with E-state index in [0.717, 1.165) is 11.7 Å². The molecule has 1 aromatic rings. The normalized spacial score (nSPS) is 22.8. The fraction of sp³-hybridized carbons (Fsp3) is 0.667. The van der Waals surface area contributed by atoms with Crippen LogP contribution < -0.4 is 10.1 Å². The Bertz CT molecular complexity index is 377. The molecule has 0 unspecified atom stereocenters. The monoisotopic (exact) mass is 275 g/mol. The standard InChI is InChI=1S/C18H29NO/c1-4-5-15-6-8-16(9-7-15)19-17-10-12-18(13-11-17)20-14(2)3/h10-16,19H,4-9H2,1-3H3. The number of rotatable bonds is 6. The molecule has 20 heavy (non-hydrogen) atoms. The second-order valence-corrected chi connectivity index (χ2v) is 6.34. The second kappa shape index (κ2) is 7.56. The van der Waals surface area contributed by atoms with Crippen LogP contribution in [0.4, 0.5) is 5.69 Å². The number of benzene rings is 1. The number of anilines is 1. The van der Waals surface area contributed by atoms with E-state index in [9.17, 15) is 0 Å². The highest BCUT2D eigenvalue weighted by molar-refractivity contribution is 5.47. The Labute approximate surface area is 123 Å². The van der Waals surface area contributed by atoms with Crippen LogP contribution in [-0.2, 0) is 0 Å². The Hall–Kier alpha value is -1.18. The van der Waals surface area contributed by atoms with E-state index in [-0.39, 0.29) is 6.10 Å². The predicted octanol–water partition coefficient (Wildman–Crippen LogP) is 5.24. The third kappa shape index (κ3) is 4.73. The van der Waals surface area contributed by atoms with Crippen molar-refractivity contribution in [3.63, 3.8) is 0 Å². The van der Waals surface area contributed by atoms with Crippen molar-refractivity contribution in [2.45, 2.75) is 71.4 Å². The van der Waals surface area contributed by atoms with Gasteiger partial charge in [0.15, 0.2) is 0 Å². The van der Waals surface area contributed by atoms with Gasteiger partial charge in [-0.2, -0.15) is 0 Å². The third-order valence-corrected chi connectivity index (χ3v) is 4.14. The topological polar surface area (TPSA) is 21.3 Å². The third-order valence-electron chi connectivity index (χ3n) is 4.14. The molecule has 1 aliphatic carbocycles. The first-order chi connectivity index (χ1) is 9.67. The highest BCUT2D eigenvalue weighted by Crippen LogP contribution is 2.29. The average molecular weight is 275 g/mol. The van der Waals surface area contributed by atoms with E-state index in [2.05, 4.69) is 50.4 Å². The van der Waals surface area contributed by atoms with Gasteiger partial charge in [-0.15, -0.1) is 0 Å². The summed E-state index contributed by atoms with van der Waals surface area (Å²) < 4.78 is 5.67. The van der Waals surface area contributed by atoms with Gasteiger partial charge in [0.1, 0.15) is 5.75 Å². The Morgan fingerprint density at radius 1 is 1.10 bits per heavy atom. The van der Waals surface area contributed by atoms with Gasteiger partial charge in [0, 0.05) is 11.7 Å². The van der Waals surface area contributed by atoms with E-state index >= 15 is 0 Å². The van der Waals surface area contributed by atoms with Crippen LogP contribution in [-0.4, -0.2) is 12.1 Å². The van der Waals surface area contributed by atoms with Gasteiger partial charge in [0.05, 0.1) is 6.10 Å². The van der Waals surface area contributed by atoms with E-state index in [1.165, 1.54) is 44.2 Å². The Kier molecular flexibility index (Phi) is 5.75. The van der Waals surface area contributed by atoms with Crippen molar-refractivity contribution in [2.75, 3.05) is 5.32 Å². The van der Waals surface area contributed by atoms with Crippen molar-refractivity contribution in [3.05, 3.63) is 24.3 Å². The lowest BCUT2D eigenvalue weighted by atomic mass is 9.83. The van der Waals surface area contributed by atoms with Crippen LogP contribution in [0.5, 0.6) is 5.75 Å². The quantitative estimate of drug-likeness (QED) is 0.766. The van der Waals surface area contributed by atoms with Crippen LogP contribution in [0, 0.1) is 5.92 Å². The summed E-state index contributed by atoms with van der Waals surface area (Å²) in [6, 6.07) is 9.04. The Morgan fingerprint density at radius 3 is 2.30 bits per heavy atom. The molecule has 0 aromatic heterocycles. The fourth-order valence-corrected chi connectivity index (χ4v) is 3.14. The van der Waals surface area contributed by atoms with Crippen LogP contribution in [0.25, 0.3) is 0 Å². The zero-order valence-corrected chi connectivity index (χ0v) is 13.2. The second-order valence-electron chi connectivity index (χ2n) is 6.34. The van der Waals surface area contributed by atoms with Gasteiger partial charge in [-0.1, -0.05) is 19.8 Å². The molecule has 2 rings (SSSR count). The summed E-state index contributed by atoms with van der Waals surface area (Å²) in [6.07, 6.45) is 8.39. The summed E-state index contributed by atoms with van der Waals surface area (Å²) in [7, 11) is 0. The van der Waals surface area contributed by atoms with Crippen LogP contribution in [0.2, 0.25) is 0 Å². The molecule has 2 heteroatoms. The minimum atomic E-state index is 0.239. The van der Waals surface area contributed by atoms with Crippen molar-refractivity contribution in [1.82, 2.24) is 0 Å². The van der Waals surface area contributed by atoms with Gasteiger partial charge in [0.25, 0.3) is 0 Å². The maximum atomic E-state index is 5.67. The molecule has 0 saturated heterocycles. The molecule has 1 fully saturated rings. The Morgan fingerprint density at radius 2 is 1.75 bits per heavy atom. The minimum absolute atomic E-state index is 0.239. The van der Waals surface area contributed by atoms with Crippen LogP contribution in [0.15, 0.2) is 24.3 Å². The van der Waals surface area contributed by atoms with Gasteiger partial charge < -0.3 is 10.1 Å². The smallest absolute Gasteiger partial charge is 0.119 e. The van der Waals surface area contributed by atoms with E-state index < -0.39 is 0 Å². The predicted molar refractivity (Wildman–Crippen MR) is 86.5 cm³/mol. The zero-order chi connectivity index (χ0) is 14.4. The molecule has 1 aliphatic rings. The van der Waals surface area contributed by atoms with Gasteiger partial charge in [-0.25, -0.2) is 0 Å². The molecule has 112 valence electrons. The molecule has 2 nitrogen and oxygen atoms in total. The molecular formula is C18H29NO. The summed E-state index contributed by atoms with van der Waals surface area (Å²) in [5.41, 5.74) is 1.22. The first-order valence-electron chi connectivity index (χ1n) is 8.20. The number of nitrogens with one attached hydrogen (secondary N) is 1. The van der Waals surface area contributed by atoms with Gasteiger partial charge in [0.2, 0.25) is 0 Å². The fourth-order valence-electron chi connectivity index (χ4n) is 3.14. The van der Waals surface area contributed by atoms with E-state index in [4.69, 9.17) is 4.74 Å². The van der Waals surface area contributed by atoms with Crippen molar-refractivity contribution < 1.29 is 4.74 Å². The summed E-state index contributed by atoms with van der Waals surface area (Å²) in [6.45, 7) is 6.41. The van der Waals surface area contributed by atoms with Crippen molar-refractivity contribution >= 4 is 5.69 Å². The largest absolute Gasteiger partial charge is 0.491 e. The maximum Gasteiger partial charge on any atom is 0.119 e. The lowest BCUT2D eigenvalue weighted by molar-refractivity contribution is 0.242. The molecule has 0 spiro atoms. The van der Waals surface area contributed by atoms with E-state index in [0.29, 0.717) is 6.04 Å². The number of ether oxygens (including phenoxy) is 1. The molecule has 0 aliphatic heterocycles. The minimum Gasteiger partial charge on any atom is -0.491 e. The SMILES string of the molecule is CCCC1CCC(Nc2ccc(OC(C)C)cc2)CC1. The average Bonchev–Trinajstić information content (AvgIpc) is 2.43. The molecule has 0 amide bonds. The number of hydrogen-bond acceptors (Lipinski definition) is 2. The van der Waals surface area contributed by atoms with Crippen LogP contribution in [0.3, 0.4) is 0 Å². The summed E-state index contributed by atoms with van der Waals surface area (Å²) in [5, 5.41) is 3.67. The number of hydrogen-bond donors (Lipinski definition) is 1. The molecule has 0 heterocycles. The van der Waals surface area contributed by atoms with Crippen molar-refractivity contribution in [3.8, 4) is 5.75 Å².